The van der Waals surface area contributed by atoms with E-state index in [-0.39, 0.29) is 24.2 Å². The topological polar surface area (TPSA) is 132 Å². The van der Waals surface area contributed by atoms with Crippen molar-refractivity contribution >= 4 is 29.7 Å². The highest BCUT2D eigenvalue weighted by Gasteiger charge is 2.34. The first-order valence-electron chi connectivity index (χ1n) is 7.41. The number of hydrogen-bond acceptors (Lipinski definition) is 8. The number of amides is 3. The van der Waals surface area contributed by atoms with Crippen molar-refractivity contribution in [1.29, 1.82) is 0 Å². The van der Waals surface area contributed by atoms with Gasteiger partial charge in [-0.2, -0.15) is 5.01 Å². The number of nitrogens with two attached hydrogens (primary N) is 1. The molecular weight excluding hydrogens is 332 g/mol. The van der Waals surface area contributed by atoms with Crippen molar-refractivity contribution in [2.75, 3.05) is 5.01 Å². The van der Waals surface area contributed by atoms with E-state index in [0.717, 1.165) is 0 Å². The normalized spacial score (nSPS) is 14.5. The van der Waals surface area contributed by atoms with Gasteiger partial charge < -0.3 is 9.57 Å². The number of aromatic nitrogens is 1. The Balaban J connectivity index is 2.22. The first-order valence-corrected chi connectivity index (χ1v) is 7.41. The Morgan fingerprint density at radius 2 is 1.84 bits per heavy atom. The predicted octanol–water partition coefficient (Wildman–Crippen LogP) is 0.918. The molecule has 10 nitrogen and oxygen atoms in total. The molecule has 2 N–H and O–H groups in total. The minimum atomic E-state index is -1.05. The zero-order valence-electron chi connectivity index (χ0n) is 14.0. The summed E-state index contributed by atoms with van der Waals surface area (Å²) >= 11 is 0. The Bertz CT molecular complexity index is 711. The number of pyridine rings is 1. The summed E-state index contributed by atoms with van der Waals surface area (Å²) in [7, 11) is 0. The van der Waals surface area contributed by atoms with Crippen molar-refractivity contribution in [3.05, 3.63) is 23.9 Å². The third-order valence-corrected chi connectivity index (χ3v) is 3.00. The Hall–Kier alpha value is -3.01. The number of ether oxygens (including phenoxy) is 1. The van der Waals surface area contributed by atoms with Crippen LogP contribution in [-0.2, 0) is 19.2 Å². The molecule has 0 bridgehead atoms. The fourth-order valence-electron chi connectivity index (χ4n) is 1.94. The SMILES string of the molecule is CC(C)(C)OC(=O)N(N)c1ncccc1C(=O)ON1C(=O)CCC1=O. The molecule has 1 fully saturated rings. The number of hydroxylamine groups is 2. The summed E-state index contributed by atoms with van der Waals surface area (Å²) in [6.07, 6.45) is 0.302. The van der Waals surface area contributed by atoms with Gasteiger partial charge in [-0.1, -0.05) is 0 Å². The molecule has 2 heterocycles. The average Bonchev–Trinajstić information content (AvgIpc) is 2.84. The number of hydrazine groups is 1. The molecular formula is C15H18N4O6. The molecule has 3 amide bonds. The molecule has 1 saturated heterocycles. The summed E-state index contributed by atoms with van der Waals surface area (Å²) in [4.78, 5) is 56.1. The van der Waals surface area contributed by atoms with Crippen molar-refractivity contribution in [2.45, 2.75) is 39.2 Å². The van der Waals surface area contributed by atoms with E-state index in [2.05, 4.69) is 4.98 Å². The van der Waals surface area contributed by atoms with Gasteiger partial charge in [0.05, 0.1) is 0 Å². The lowest BCUT2D eigenvalue weighted by Crippen LogP contribution is -2.43. The smallest absolute Gasteiger partial charge is 0.430 e. The van der Waals surface area contributed by atoms with E-state index in [9.17, 15) is 19.2 Å². The van der Waals surface area contributed by atoms with Crippen LogP contribution in [-0.4, -0.2) is 39.5 Å². The predicted molar refractivity (Wildman–Crippen MR) is 83.6 cm³/mol. The first-order chi connectivity index (χ1) is 11.6. The van der Waals surface area contributed by atoms with Crippen LogP contribution in [0.2, 0.25) is 0 Å². The van der Waals surface area contributed by atoms with E-state index in [1.807, 2.05) is 0 Å². The lowest BCUT2D eigenvalue weighted by atomic mass is 10.2. The van der Waals surface area contributed by atoms with Gasteiger partial charge in [-0.05, 0) is 32.9 Å². The summed E-state index contributed by atoms with van der Waals surface area (Å²) in [5.41, 5.74) is -1.01. The lowest BCUT2D eigenvalue weighted by molar-refractivity contribution is -0.172. The zero-order valence-corrected chi connectivity index (χ0v) is 14.0. The van der Waals surface area contributed by atoms with Crippen LogP contribution in [0.15, 0.2) is 18.3 Å². The Kier molecular flexibility index (Phi) is 5.02. The van der Waals surface area contributed by atoms with Gasteiger partial charge in [-0.25, -0.2) is 20.4 Å². The second kappa shape index (κ2) is 6.85. The maximum Gasteiger partial charge on any atom is 0.430 e. The Labute approximate surface area is 143 Å². The summed E-state index contributed by atoms with van der Waals surface area (Å²) in [5.74, 6) is 3.15. The molecule has 0 atom stereocenters. The molecule has 1 aliphatic rings. The van der Waals surface area contributed by atoms with Crippen LogP contribution in [0, 0.1) is 0 Å². The second-order valence-electron chi connectivity index (χ2n) is 6.19. The highest BCUT2D eigenvalue weighted by Crippen LogP contribution is 2.20. The molecule has 0 saturated carbocycles. The fourth-order valence-corrected chi connectivity index (χ4v) is 1.94. The number of anilines is 1. The van der Waals surface area contributed by atoms with Gasteiger partial charge in [-0.3, -0.25) is 9.59 Å². The third kappa shape index (κ3) is 4.29. The molecule has 25 heavy (non-hydrogen) atoms. The lowest BCUT2D eigenvalue weighted by Gasteiger charge is -2.24. The molecule has 2 rings (SSSR count). The van der Waals surface area contributed by atoms with E-state index in [4.69, 9.17) is 15.4 Å². The minimum Gasteiger partial charge on any atom is -0.442 e. The molecule has 134 valence electrons. The number of carbonyl (C=O) groups is 4. The fraction of sp³-hybridized carbons (Fsp3) is 0.400. The van der Waals surface area contributed by atoms with Crippen LogP contribution in [0.5, 0.6) is 0 Å². The summed E-state index contributed by atoms with van der Waals surface area (Å²) < 4.78 is 5.11. The molecule has 1 aliphatic heterocycles. The monoisotopic (exact) mass is 350 g/mol. The van der Waals surface area contributed by atoms with Crippen LogP contribution < -0.4 is 10.9 Å². The maximum atomic E-state index is 12.3. The molecule has 1 aromatic rings. The van der Waals surface area contributed by atoms with E-state index in [0.29, 0.717) is 10.1 Å². The standard InChI is InChI=1S/C15H18N4O6/c1-15(2,3)24-14(23)18(16)12-9(5-4-8-17-12)13(22)25-19-10(20)6-7-11(19)21/h4-5,8H,6-7,16H2,1-3H3. The number of imide groups is 1. The average molecular weight is 350 g/mol. The number of nitrogens with zero attached hydrogens (tertiary/aromatic N) is 3. The van der Waals surface area contributed by atoms with Crippen LogP contribution >= 0.6 is 0 Å². The molecule has 10 heteroatoms. The number of hydrogen-bond donors (Lipinski definition) is 1. The zero-order chi connectivity index (χ0) is 18.8. The van der Waals surface area contributed by atoms with Gasteiger partial charge in [0.1, 0.15) is 11.2 Å². The van der Waals surface area contributed by atoms with Gasteiger partial charge in [0.15, 0.2) is 5.82 Å². The van der Waals surface area contributed by atoms with Gasteiger partial charge in [0.2, 0.25) is 0 Å². The molecule has 0 aromatic carbocycles. The van der Waals surface area contributed by atoms with Crippen molar-refractivity contribution in [3.63, 3.8) is 0 Å². The van der Waals surface area contributed by atoms with E-state index in [1.165, 1.54) is 18.3 Å². The molecule has 0 radical (unpaired) electrons. The van der Waals surface area contributed by atoms with Crippen molar-refractivity contribution in [2.24, 2.45) is 5.84 Å². The maximum absolute atomic E-state index is 12.3. The highest BCUT2D eigenvalue weighted by atomic mass is 16.7. The van der Waals surface area contributed by atoms with E-state index >= 15 is 0 Å². The van der Waals surface area contributed by atoms with E-state index in [1.54, 1.807) is 20.8 Å². The van der Waals surface area contributed by atoms with Gasteiger partial charge >= 0.3 is 12.1 Å². The van der Waals surface area contributed by atoms with Crippen molar-refractivity contribution in [3.8, 4) is 0 Å². The van der Waals surface area contributed by atoms with Crippen LogP contribution in [0.4, 0.5) is 10.6 Å². The van der Waals surface area contributed by atoms with Crippen molar-refractivity contribution < 1.29 is 28.8 Å². The van der Waals surface area contributed by atoms with Crippen molar-refractivity contribution in [1.82, 2.24) is 10.0 Å². The Morgan fingerprint density at radius 3 is 2.40 bits per heavy atom. The molecule has 0 unspecified atom stereocenters. The quantitative estimate of drug-likeness (QED) is 0.368. The largest absolute Gasteiger partial charge is 0.442 e. The second-order valence-corrected chi connectivity index (χ2v) is 6.19. The van der Waals surface area contributed by atoms with E-state index < -0.39 is 29.5 Å². The summed E-state index contributed by atoms with van der Waals surface area (Å²) in [5, 5.41) is 0.947. The number of rotatable bonds is 3. The molecule has 0 aliphatic carbocycles. The van der Waals surface area contributed by atoms with Crippen LogP contribution in [0.3, 0.4) is 0 Å². The summed E-state index contributed by atoms with van der Waals surface area (Å²) in [6, 6.07) is 2.70. The van der Waals surface area contributed by atoms with Gasteiger partial charge in [0.25, 0.3) is 11.8 Å². The van der Waals surface area contributed by atoms with Gasteiger partial charge in [-0.15, -0.1) is 5.06 Å². The molecule has 0 spiro atoms. The minimum absolute atomic E-state index is 0.0348. The number of carbonyl (C=O) groups excluding carboxylic acids is 4. The third-order valence-electron chi connectivity index (χ3n) is 3.00. The molecule has 1 aromatic heterocycles. The highest BCUT2D eigenvalue weighted by molar-refractivity contribution is 6.04. The first kappa shape index (κ1) is 18.3. The van der Waals surface area contributed by atoms with Crippen LogP contribution in [0.1, 0.15) is 44.0 Å². The summed E-state index contributed by atoms with van der Waals surface area (Å²) in [6.45, 7) is 4.95. The Morgan fingerprint density at radius 1 is 1.24 bits per heavy atom. The van der Waals surface area contributed by atoms with Gasteiger partial charge in [0, 0.05) is 19.0 Å². The van der Waals surface area contributed by atoms with Crippen LogP contribution in [0.25, 0.3) is 0 Å².